The van der Waals surface area contributed by atoms with Crippen molar-refractivity contribution >= 4 is 0 Å². The maximum atomic E-state index is 3.61. The van der Waals surface area contributed by atoms with E-state index < -0.39 is 0 Å². The number of rotatable bonds is 2. The molecule has 1 heterocycles. The maximum absolute atomic E-state index is 3.61. The monoisotopic (exact) mass is 248 g/mol. The van der Waals surface area contributed by atoms with E-state index >= 15 is 0 Å². The van der Waals surface area contributed by atoms with E-state index in [0.717, 1.165) is 29.2 Å². The first-order chi connectivity index (χ1) is 8.72. The van der Waals surface area contributed by atoms with E-state index in [4.69, 9.17) is 0 Å². The van der Waals surface area contributed by atoms with E-state index in [2.05, 4.69) is 17.3 Å². The lowest BCUT2D eigenvalue weighted by molar-refractivity contribution is -0.0698. The largest absolute Gasteiger partial charge is 0.314 e. The molecule has 0 aromatic rings. The molecular weight excluding hydrogens is 220 g/mol. The smallest absolute Gasteiger partial charge is 0.0223 e. The molecule has 5 aliphatic rings. The third-order valence-electron chi connectivity index (χ3n) is 6.48. The van der Waals surface area contributed by atoms with Gasteiger partial charge in [0.2, 0.25) is 0 Å². The van der Waals surface area contributed by atoms with Gasteiger partial charge in [0.1, 0.15) is 0 Å². The molecule has 5 fully saturated rings. The molecule has 2 nitrogen and oxygen atoms in total. The molecule has 0 amide bonds. The number of hydrogen-bond donors (Lipinski definition) is 1. The van der Waals surface area contributed by atoms with Gasteiger partial charge < -0.3 is 10.2 Å². The second-order valence-electron chi connectivity index (χ2n) is 7.96. The zero-order chi connectivity index (χ0) is 12.2. The molecule has 4 aliphatic carbocycles. The average Bonchev–Trinajstić information content (AvgIpc) is 2.30. The van der Waals surface area contributed by atoms with Gasteiger partial charge in [-0.3, -0.25) is 0 Å². The Morgan fingerprint density at radius 2 is 1.67 bits per heavy atom. The van der Waals surface area contributed by atoms with Gasteiger partial charge in [0.15, 0.2) is 0 Å². The van der Waals surface area contributed by atoms with Crippen LogP contribution in [0.2, 0.25) is 0 Å². The summed E-state index contributed by atoms with van der Waals surface area (Å²) in [4.78, 5) is 2.62. The summed E-state index contributed by atoms with van der Waals surface area (Å²) in [5.74, 6) is 3.33. The molecule has 1 N–H and O–H groups in total. The van der Waals surface area contributed by atoms with E-state index in [1.165, 1.54) is 26.1 Å². The van der Waals surface area contributed by atoms with Gasteiger partial charge in [-0.2, -0.15) is 0 Å². The summed E-state index contributed by atoms with van der Waals surface area (Å²) in [6.45, 7) is 3.67. The van der Waals surface area contributed by atoms with Gasteiger partial charge in [0.05, 0.1) is 0 Å². The predicted octanol–water partition coefficient (Wildman–Crippen LogP) is 2.50. The Morgan fingerprint density at radius 1 is 1.06 bits per heavy atom. The number of likely N-dealkylation sites (N-methyl/N-ethyl adjacent to an activating group) is 1. The summed E-state index contributed by atoms with van der Waals surface area (Å²) in [5, 5.41) is 3.61. The first-order valence-corrected chi connectivity index (χ1v) is 8.13. The molecule has 1 atom stereocenters. The third-order valence-corrected chi connectivity index (χ3v) is 6.48. The van der Waals surface area contributed by atoms with Crippen LogP contribution in [-0.4, -0.2) is 37.6 Å². The van der Waals surface area contributed by atoms with Crippen LogP contribution >= 0.6 is 0 Å². The predicted molar refractivity (Wildman–Crippen MR) is 74.5 cm³/mol. The van der Waals surface area contributed by atoms with Crippen molar-refractivity contribution in [2.24, 2.45) is 23.2 Å². The molecule has 4 saturated carbocycles. The fourth-order valence-electron chi connectivity index (χ4n) is 6.13. The maximum Gasteiger partial charge on any atom is 0.0223 e. The fourth-order valence-corrected chi connectivity index (χ4v) is 6.13. The van der Waals surface area contributed by atoms with Crippen molar-refractivity contribution in [3.63, 3.8) is 0 Å². The van der Waals surface area contributed by atoms with Gasteiger partial charge in [0, 0.05) is 25.7 Å². The summed E-state index contributed by atoms with van der Waals surface area (Å²) in [7, 11) is 2.34. The summed E-state index contributed by atoms with van der Waals surface area (Å²) >= 11 is 0. The minimum atomic E-state index is 0.757. The second kappa shape index (κ2) is 4.21. The van der Waals surface area contributed by atoms with E-state index in [9.17, 15) is 0 Å². The summed E-state index contributed by atoms with van der Waals surface area (Å²) in [5.41, 5.74) is 0.757. The lowest BCUT2D eigenvalue weighted by atomic mass is 9.48. The summed E-state index contributed by atoms with van der Waals surface area (Å²) in [6.07, 6.45) is 10.9. The first-order valence-electron chi connectivity index (χ1n) is 8.13. The summed E-state index contributed by atoms with van der Waals surface area (Å²) < 4.78 is 0. The molecule has 0 radical (unpaired) electrons. The molecule has 1 aliphatic heterocycles. The number of piperazine rings is 1. The lowest BCUT2D eigenvalue weighted by Gasteiger charge is -2.58. The highest BCUT2D eigenvalue weighted by Crippen LogP contribution is 2.61. The van der Waals surface area contributed by atoms with Gasteiger partial charge in [-0.1, -0.05) is 0 Å². The van der Waals surface area contributed by atoms with Gasteiger partial charge in [-0.15, -0.1) is 0 Å². The van der Waals surface area contributed by atoms with Crippen LogP contribution in [0.5, 0.6) is 0 Å². The fraction of sp³-hybridized carbons (Fsp3) is 1.00. The molecule has 18 heavy (non-hydrogen) atoms. The minimum Gasteiger partial charge on any atom is -0.314 e. The Bertz CT molecular complexity index is 290. The molecule has 2 heteroatoms. The topological polar surface area (TPSA) is 15.3 Å². The Hall–Kier alpha value is -0.0800. The van der Waals surface area contributed by atoms with E-state index in [1.807, 2.05) is 0 Å². The van der Waals surface area contributed by atoms with Gasteiger partial charge in [-0.05, 0) is 75.2 Å². The van der Waals surface area contributed by atoms with E-state index in [1.54, 1.807) is 38.5 Å². The third kappa shape index (κ3) is 1.92. The Morgan fingerprint density at radius 3 is 2.22 bits per heavy atom. The van der Waals surface area contributed by atoms with Crippen molar-refractivity contribution in [2.75, 3.05) is 26.7 Å². The highest BCUT2D eigenvalue weighted by Gasteiger charge is 2.51. The van der Waals surface area contributed by atoms with Crippen molar-refractivity contribution < 1.29 is 0 Å². The highest BCUT2D eigenvalue weighted by atomic mass is 15.2. The van der Waals surface area contributed by atoms with Crippen molar-refractivity contribution in [1.29, 1.82) is 0 Å². The standard InChI is InChI=1S/C16H28N2/c1-18-3-2-17-11-15(18)10-16-7-12-4-13(8-16)6-14(5-12)9-16/h12-15,17H,2-11H2,1H3. The van der Waals surface area contributed by atoms with Crippen LogP contribution in [0.15, 0.2) is 0 Å². The summed E-state index contributed by atoms with van der Waals surface area (Å²) in [6, 6.07) is 0.815. The van der Waals surface area contributed by atoms with Gasteiger partial charge in [-0.25, -0.2) is 0 Å². The highest BCUT2D eigenvalue weighted by molar-refractivity contribution is 5.03. The van der Waals surface area contributed by atoms with E-state index in [0.29, 0.717) is 0 Å². The Balaban J connectivity index is 1.50. The van der Waals surface area contributed by atoms with Gasteiger partial charge in [0.25, 0.3) is 0 Å². The normalized spacial score (nSPS) is 51.8. The molecule has 0 spiro atoms. The van der Waals surface area contributed by atoms with Crippen LogP contribution in [0, 0.1) is 23.2 Å². The molecule has 4 bridgehead atoms. The molecule has 5 rings (SSSR count). The zero-order valence-electron chi connectivity index (χ0n) is 11.8. The number of nitrogens with zero attached hydrogens (tertiary/aromatic N) is 1. The second-order valence-corrected chi connectivity index (χ2v) is 7.96. The van der Waals surface area contributed by atoms with Crippen LogP contribution in [0.4, 0.5) is 0 Å². The van der Waals surface area contributed by atoms with Crippen LogP contribution in [-0.2, 0) is 0 Å². The first kappa shape index (κ1) is 11.7. The van der Waals surface area contributed by atoms with Crippen LogP contribution in [0.1, 0.15) is 44.9 Å². The van der Waals surface area contributed by atoms with Crippen LogP contribution < -0.4 is 5.32 Å². The van der Waals surface area contributed by atoms with Crippen molar-refractivity contribution in [1.82, 2.24) is 10.2 Å². The molecule has 0 aromatic heterocycles. The Kier molecular flexibility index (Phi) is 2.74. The van der Waals surface area contributed by atoms with Crippen LogP contribution in [0.3, 0.4) is 0 Å². The molecule has 0 aromatic carbocycles. The van der Waals surface area contributed by atoms with Crippen LogP contribution in [0.25, 0.3) is 0 Å². The molecule has 1 unspecified atom stereocenters. The SMILES string of the molecule is CN1CCNCC1CC12CC3CC(CC(C3)C1)C2. The Labute approximate surface area is 111 Å². The van der Waals surface area contributed by atoms with Crippen molar-refractivity contribution in [3.05, 3.63) is 0 Å². The van der Waals surface area contributed by atoms with Gasteiger partial charge >= 0.3 is 0 Å². The van der Waals surface area contributed by atoms with Crippen molar-refractivity contribution in [2.45, 2.75) is 51.0 Å². The lowest BCUT2D eigenvalue weighted by Crippen LogP contribution is -2.54. The van der Waals surface area contributed by atoms with Crippen molar-refractivity contribution in [3.8, 4) is 0 Å². The molecule has 102 valence electrons. The number of hydrogen-bond acceptors (Lipinski definition) is 2. The van der Waals surface area contributed by atoms with E-state index in [-0.39, 0.29) is 0 Å². The minimum absolute atomic E-state index is 0.757. The number of nitrogens with one attached hydrogen (secondary N) is 1. The molecule has 1 saturated heterocycles. The molecular formula is C16H28N2. The quantitative estimate of drug-likeness (QED) is 0.808. The average molecular weight is 248 g/mol. The zero-order valence-corrected chi connectivity index (χ0v) is 11.8.